The molecule has 0 atom stereocenters. The lowest BCUT2D eigenvalue weighted by atomic mass is 10.1. The van der Waals surface area contributed by atoms with Crippen LogP contribution < -0.4 is 0 Å². The Morgan fingerprint density at radius 2 is 1.93 bits per heavy atom. The summed E-state index contributed by atoms with van der Waals surface area (Å²) in [7, 11) is 0. The molecule has 0 aromatic carbocycles. The number of esters is 1. The lowest BCUT2D eigenvalue weighted by Crippen LogP contribution is -2.16. The Morgan fingerprint density at radius 1 is 1.21 bits per heavy atom. The molecular weight excluding hydrogens is 184 g/mol. The Balaban J connectivity index is 2.48. The van der Waals surface area contributed by atoms with E-state index in [0.717, 1.165) is 25.7 Å². The van der Waals surface area contributed by atoms with E-state index in [1.807, 2.05) is 6.08 Å². The molecular formula is C10H14O4. The van der Waals surface area contributed by atoms with Crippen LogP contribution in [0.3, 0.4) is 0 Å². The molecule has 0 spiro atoms. The Kier molecular flexibility index (Phi) is 4.16. The summed E-state index contributed by atoms with van der Waals surface area (Å²) in [6.07, 6.45) is 7.69. The minimum atomic E-state index is -1.53. The monoisotopic (exact) mass is 198 g/mol. The minimum absolute atomic E-state index is 0.511. The highest BCUT2D eigenvalue weighted by Crippen LogP contribution is 2.17. The van der Waals surface area contributed by atoms with Crippen molar-refractivity contribution in [3.05, 3.63) is 11.8 Å². The molecule has 0 amide bonds. The van der Waals surface area contributed by atoms with Crippen molar-refractivity contribution < 1.29 is 19.4 Å². The van der Waals surface area contributed by atoms with Crippen molar-refractivity contribution in [2.45, 2.75) is 38.5 Å². The molecule has 14 heavy (non-hydrogen) atoms. The molecule has 0 saturated heterocycles. The first-order valence-electron chi connectivity index (χ1n) is 4.84. The van der Waals surface area contributed by atoms with Crippen molar-refractivity contribution in [1.29, 1.82) is 0 Å². The molecule has 4 nitrogen and oxygen atoms in total. The molecule has 1 rings (SSSR count). The molecule has 0 bridgehead atoms. The third-order valence-corrected chi connectivity index (χ3v) is 2.15. The molecule has 0 heterocycles. The number of carbonyl (C=O) groups is 2. The first-order valence-corrected chi connectivity index (χ1v) is 4.84. The average molecular weight is 198 g/mol. The van der Waals surface area contributed by atoms with E-state index in [1.165, 1.54) is 6.42 Å². The second-order valence-electron chi connectivity index (χ2n) is 3.32. The van der Waals surface area contributed by atoms with Crippen LogP contribution in [0.2, 0.25) is 0 Å². The summed E-state index contributed by atoms with van der Waals surface area (Å²) in [5.74, 6) is -2.21. The van der Waals surface area contributed by atoms with E-state index in [1.54, 1.807) is 0 Å². The van der Waals surface area contributed by atoms with Crippen LogP contribution >= 0.6 is 0 Å². The molecule has 0 aromatic heterocycles. The maximum Gasteiger partial charge on any atom is 0.422 e. The molecule has 0 fully saturated rings. The van der Waals surface area contributed by atoms with Crippen molar-refractivity contribution in [2.24, 2.45) is 0 Å². The lowest BCUT2D eigenvalue weighted by Gasteiger charge is -2.09. The van der Waals surface area contributed by atoms with E-state index in [4.69, 9.17) is 9.84 Å². The van der Waals surface area contributed by atoms with Crippen molar-refractivity contribution in [2.75, 3.05) is 0 Å². The summed E-state index contributed by atoms with van der Waals surface area (Å²) in [5.41, 5.74) is 0. The van der Waals surface area contributed by atoms with Gasteiger partial charge in [0.15, 0.2) is 0 Å². The van der Waals surface area contributed by atoms with Crippen molar-refractivity contribution in [3.63, 3.8) is 0 Å². The molecule has 0 saturated carbocycles. The number of allylic oxidation sites excluding steroid dienone is 2. The van der Waals surface area contributed by atoms with Gasteiger partial charge in [-0.05, 0) is 25.3 Å². The zero-order chi connectivity index (χ0) is 10.4. The minimum Gasteiger partial charge on any atom is -0.473 e. The van der Waals surface area contributed by atoms with Crippen LogP contribution in [-0.2, 0) is 14.3 Å². The maximum absolute atomic E-state index is 10.7. The topological polar surface area (TPSA) is 63.6 Å². The average Bonchev–Trinajstić information content (AvgIpc) is 2.08. The molecule has 0 aromatic rings. The van der Waals surface area contributed by atoms with Gasteiger partial charge in [-0.3, -0.25) is 0 Å². The quantitative estimate of drug-likeness (QED) is 0.516. The van der Waals surface area contributed by atoms with Gasteiger partial charge in [0, 0.05) is 6.42 Å². The third kappa shape index (κ3) is 3.60. The van der Waals surface area contributed by atoms with Crippen LogP contribution in [0.5, 0.6) is 0 Å². The predicted molar refractivity (Wildman–Crippen MR) is 49.5 cm³/mol. The summed E-state index contributed by atoms with van der Waals surface area (Å²) in [5, 5.41) is 8.34. The summed E-state index contributed by atoms with van der Waals surface area (Å²) in [6.45, 7) is 0. The van der Waals surface area contributed by atoms with Gasteiger partial charge in [0.1, 0.15) is 5.76 Å². The number of carbonyl (C=O) groups excluding carboxylic acids is 1. The van der Waals surface area contributed by atoms with Crippen LogP contribution in [0.1, 0.15) is 38.5 Å². The number of rotatable bonds is 1. The third-order valence-electron chi connectivity index (χ3n) is 2.15. The highest BCUT2D eigenvalue weighted by Gasteiger charge is 2.15. The molecule has 78 valence electrons. The fourth-order valence-corrected chi connectivity index (χ4v) is 1.42. The molecule has 1 N–H and O–H groups in total. The Bertz CT molecular complexity index is 255. The number of hydrogen-bond donors (Lipinski definition) is 1. The number of carboxylic acids is 1. The zero-order valence-electron chi connectivity index (χ0n) is 7.99. The van der Waals surface area contributed by atoms with Crippen LogP contribution in [0.15, 0.2) is 11.8 Å². The van der Waals surface area contributed by atoms with Crippen LogP contribution in [0.4, 0.5) is 0 Å². The normalized spacial score (nSPS) is 17.6. The summed E-state index contributed by atoms with van der Waals surface area (Å²) < 4.78 is 4.71. The molecule has 1 aliphatic rings. The maximum atomic E-state index is 10.7. The van der Waals surface area contributed by atoms with Crippen molar-refractivity contribution >= 4 is 11.9 Å². The highest BCUT2D eigenvalue weighted by atomic mass is 16.6. The Labute approximate surface area is 82.6 Å². The molecule has 0 unspecified atom stereocenters. The first kappa shape index (κ1) is 10.8. The van der Waals surface area contributed by atoms with Gasteiger partial charge in [0.25, 0.3) is 0 Å². The van der Waals surface area contributed by atoms with Crippen molar-refractivity contribution in [1.82, 2.24) is 0 Å². The number of hydrogen-bond acceptors (Lipinski definition) is 3. The number of aliphatic carboxylic acids is 1. The summed E-state index contributed by atoms with van der Waals surface area (Å²) >= 11 is 0. The van der Waals surface area contributed by atoms with E-state index in [2.05, 4.69) is 0 Å². The second-order valence-corrected chi connectivity index (χ2v) is 3.32. The molecule has 0 radical (unpaired) electrons. The van der Waals surface area contributed by atoms with Crippen LogP contribution in [0.25, 0.3) is 0 Å². The van der Waals surface area contributed by atoms with Gasteiger partial charge in [0.2, 0.25) is 0 Å². The van der Waals surface area contributed by atoms with Crippen LogP contribution in [-0.4, -0.2) is 17.0 Å². The van der Waals surface area contributed by atoms with Crippen molar-refractivity contribution in [3.8, 4) is 0 Å². The summed E-state index contributed by atoms with van der Waals surface area (Å²) in [6, 6.07) is 0. The lowest BCUT2D eigenvalue weighted by molar-refractivity contribution is -0.161. The fourth-order valence-electron chi connectivity index (χ4n) is 1.42. The summed E-state index contributed by atoms with van der Waals surface area (Å²) in [4.78, 5) is 21.0. The van der Waals surface area contributed by atoms with E-state index >= 15 is 0 Å². The molecule has 1 aliphatic carbocycles. The van der Waals surface area contributed by atoms with Crippen LogP contribution in [0, 0.1) is 0 Å². The van der Waals surface area contributed by atoms with Gasteiger partial charge < -0.3 is 9.84 Å². The van der Waals surface area contributed by atoms with Gasteiger partial charge in [-0.25, -0.2) is 9.59 Å². The van der Waals surface area contributed by atoms with E-state index in [0.29, 0.717) is 12.2 Å². The van der Waals surface area contributed by atoms with Gasteiger partial charge in [-0.15, -0.1) is 0 Å². The van der Waals surface area contributed by atoms with Gasteiger partial charge in [0.05, 0.1) is 0 Å². The number of carboxylic acid groups (broad SMARTS) is 1. The smallest absolute Gasteiger partial charge is 0.422 e. The molecule has 4 heteroatoms. The second kappa shape index (κ2) is 5.42. The van der Waals surface area contributed by atoms with Gasteiger partial charge in [-0.1, -0.05) is 12.8 Å². The Morgan fingerprint density at radius 3 is 2.64 bits per heavy atom. The van der Waals surface area contributed by atoms with E-state index in [9.17, 15) is 9.59 Å². The van der Waals surface area contributed by atoms with Gasteiger partial charge in [-0.2, -0.15) is 0 Å². The number of ether oxygens (including phenoxy) is 1. The molecule has 0 aliphatic heterocycles. The largest absolute Gasteiger partial charge is 0.473 e. The van der Waals surface area contributed by atoms with E-state index in [-0.39, 0.29) is 0 Å². The Hall–Kier alpha value is -1.32. The van der Waals surface area contributed by atoms with E-state index < -0.39 is 11.9 Å². The predicted octanol–water partition coefficient (Wildman–Crippen LogP) is 1.85. The van der Waals surface area contributed by atoms with Gasteiger partial charge >= 0.3 is 11.9 Å². The first-order chi connectivity index (χ1) is 6.70. The standard InChI is InChI=1S/C10H14O4/c11-9(12)10(13)14-8-6-4-2-1-3-5-7-8/h6H,1-5,7H2,(H,11,12). The fraction of sp³-hybridized carbons (Fsp3) is 0.600. The highest BCUT2D eigenvalue weighted by molar-refractivity contribution is 6.28. The zero-order valence-corrected chi connectivity index (χ0v) is 7.99. The SMILES string of the molecule is O=C(O)C(=O)OC1=CCCCCCC1.